The van der Waals surface area contributed by atoms with Gasteiger partial charge in [-0.2, -0.15) is 0 Å². The summed E-state index contributed by atoms with van der Waals surface area (Å²) < 4.78 is 18.8. The summed E-state index contributed by atoms with van der Waals surface area (Å²) in [5.41, 5.74) is 3.09. The summed E-state index contributed by atoms with van der Waals surface area (Å²) in [6.07, 6.45) is -0.113. The highest BCUT2D eigenvalue weighted by molar-refractivity contribution is 5.86. The molecule has 0 amide bonds. The van der Waals surface area contributed by atoms with Crippen LogP contribution in [0.1, 0.15) is 11.4 Å². The van der Waals surface area contributed by atoms with E-state index in [0.29, 0.717) is 30.2 Å². The number of imidazole rings is 1. The van der Waals surface area contributed by atoms with E-state index < -0.39 is 6.10 Å². The van der Waals surface area contributed by atoms with Crippen LogP contribution >= 0.6 is 0 Å². The Bertz CT molecular complexity index is 1430. The Kier molecular flexibility index (Phi) is 6.55. The molecule has 0 saturated carbocycles. The van der Waals surface area contributed by atoms with Crippen molar-refractivity contribution in [3.05, 3.63) is 96.3 Å². The van der Waals surface area contributed by atoms with Crippen molar-refractivity contribution in [3.63, 3.8) is 0 Å². The van der Waals surface area contributed by atoms with Crippen LogP contribution in [0.5, 0.6) is 17.2 Å². The van der Waals surface area contributed by atoms with Crippen LogP contribution in [-0.2, 0) is 13.0 Å². The molecule has 5 aromatic rings. The molecule has 0 aliphatic rings. The minimum Gasteiger partial charge on any atom is -0.493 e. The molecular weight excluding hydrogens is 440 g/mol. The van der Waals surface area contributed by atoms with E-state index in [1.54, 1.807) is 26.4 Å². The van der Waals surface area contributed by atoms with E-state index in [2.05, 4.69) is 47.0 Å². The maximum Gasteiger partial charge on any atom is 0.203 e. The van der Waals surface area contributed by atoms with Gasteiger partial charge in [0.1, 0.15) is 18.5 Å². The van der Waals surface area contributed by atoms with Gasteiger partial charge < -0.3 is 23.9 Å². The Morgan fingerprint density at radius 3 is 2.31 bits per heavy atom. The van der Waals surface area contributed by atoms with Gasteiger partial charge in [-0.15, -0.1) is 0 Å². The molecule has 0 saturated heterocycles. The summed E-state index contributed by atoms with van der Waals surface area (Å²) in [4.78, 5) is 4.91. The van der Waals surface area contributed by atoms with Crippen LogP contribution in [0.4, 0.5) is 0 Å². The smallest absolute Gasteiger partial charge is 0.203 e. The largest absolute Gasteiger partial charge is 0.493 e. The molecular formula is C29H28N2O4. The van der Waals surface area contributed by atoms with Gasteiger partial charge in [0.05, 0.1) is 31.8 Å². The zero-order valence-corrected chi connectivity index (χ0v) is 19.8. The SMILES string of the molecule is COc1cccc(OC)c1OCC(O)Cn1c(Cc2cccc3ccccc23)nc2ccccc21. The third kappa shape index (κ3) is 4.66. The quantitative estimate of drug-likeness (QED) is 0.321. The number of aromatic nitrogens is 2. The predicted molar refractivity (Wildman–Crippen MR) is 138 cm³/mol. The number of methoxy groups -OCH3 is 2. The van der Waals surface area contributed by atoms with Crippen molar-refractivity contribution in [3.8, 4) is 17.2 Å². The van der Waals surface area contributed by atoms with Gasteiger partial charge in [-0.3, -0.25) is 0 Å². The molecule has 0 aliphatic carbocycles. The Morgan fingerprint density at radius 2 is 1.51 bits per heavy atom. The molecule has 0 spiro atoms. The predicted octanol–water partition coefficient (Wildman–Crippen LogP) is 5.24. The topological polar surface area (TPSA) is 65.7 Å². The molecule has 0 bridgehead atoms. The second kappa shape index (κ2) is 10.1. The van der Waals surface area contributed by atoms with Crippen molar-refractivity contribution in [1.82, 2.24) is 9.55 Å². The summed E-state index contributed by atoms with van der Waals surface area (Å²) in [6.45, 7) is 0.426. The van der Waals surface area contributed by atoms with Crippen LogP contribution in [0, 0.1) is 0 Å². The maximum absolute atomic E-state index is 11.0. The number of benzene rings is 4. The molecule has 1 aromatic heterocycles. The minimum atomic E-state index is -0.770. The van der Waals surface area contributed by atoms with Crippen molar-refractivity contribution in [1.29, 1.82) is 0 Å². The number of fused-ring (bicyclic) bond motifs is 2. The van der Waals surface area contributed by atoms with E-state index in [1.165, 1.54) is 16.3 Å². The first kappa shape index (κ1) is 22.7. The lowest BCUT2D eigenvalue weighted by molar-refractivity contribution is 0.0897. The highest BCUT2D eigenvalue weighted by Crippen LogP contribution is 2.36. The van der Waals surface area contributed by atoms with Crippen LogP contribution in [0.3, 0.4) is 0 Å². The van der Waals surface area contributed by atoms with Gasteiger partial charge in [0.25, 0.3) is 0 Å². The molecule has 35 heavy (non-hydrogen) atoms. The van der Waals surface area contributed by atoms with Crippen molar-refractivity contribution >= 4 is 21.8 Å². The lowest BCUT2D eigenvalue weighted by atomic mass is 10.0. The Hall–Kier alpha value is -4.03. The van der Waals surface area contributed by atoms with Gasteiger partial charge in [0.2, 0.25) is 5.75 Å². The van der Waals surface area contributed by atoms with Crippen molar-refractivity contribution in [2.24, 2.45) is 0 Å². The lowest BCUT2D eigenvalue weighted by Gasteiger charge is -2.18. The van der Waals surface area contributed by atoms with Crippen LogP contribution in [0.25, 0.3) is 21.8 Å². The van der Waals surface area contributed by atoms with E-state index in [0.717, 1.165) is 16.9 Å². The third-order valence-electron chi connectivity index (χ3n) is 6.16. The molecule has 5 rings (SSSR count). The first-order valence-corrected chi connectivity index (χ1v) is 11.6. The Morgan fingerprint density at radius 1 is 0.829 bits per heavy atom. The van der Waals surface area contributed by atoms with Crippen LogP contribution in [-0.4, -0.2) is 41.6 Å². The summed E-state index contributed by atoms with van der Waals surface area (Å²) in [5.74, 6) is 2.49. The van der Waals surface area contributed by atoms with Crippen molar-refractivity contribution in [2.75, 3.05) is 20.8 Å². The monoisotopic (exact) mass is 468 g/mol. The first-order chi connectivity index (χ1) is 17.2. The average molecular weight is 469 g/mol. The number of para-hydroxylation sites is 3. The molecule has 6 heteroatoms. The fourth-order valence-corrected chi connectivity index (χ4v) is 4.48. The number of aliphatic hydroxyl groups excluding tert-OH is 1. The Balaban J connectivity index is 1.42. The fourth-order valence-electron chi connectivity index (χ4n) is 4.48. The van der Waals surface area contributed by atoms with Gasteiger partial charge in [-0.05, 0) is 40.6 Å². The highest BCUT2D eigenvalue weighted by atomic mass is 16.5. The fraction of sp³-hybridized carbons (Fsp3) is 0.207. The lowest BCUT2D eigenvalue weighted by Crippen LogP contribution is -2.25. The number of nitrogens with zero attached hydrogens (tertiary/aromatic N) is 2. The number of hydrogen-bond acceptors (Lipinski definition) is 5. The highest BCUT2D eigenvalue weighted by Gasteiger charge is 2.18. The molecule has 178 valence electrons. The molecule has 6 nitrogen and oxygen atoms in total. The molecule has 0 fully saturated rings. The molecule has 0 radical (unpaired) electrons. The molecule has 1 atom stereocenters. The number of hydrogen-bond donors (Lipinski definition) is 1. The van der Waals surface area contributed by atoms with Gasteiger partial charge in [-0.1, -0.05) is 60.7 Å². The summed E-state index contributed by atoms with van der Waals surface area (Å²) in [6, 6.07) is 28.1. The minimum absolute atomic E-state index is 0.0803. The standard InChI is InChI=1S/C29H28N2O4/c1-33-26-15-8-16-27(34-2)29(26)35-19-22(32)18-31-25-14-6-5-13-24(25)30-28(31)17-21-11-7-10-20-9-3-4-12-23(20)21/h3-16,22,32H,17-19H2,1-2H3. The summed E-state index contributed by atoms with van der Waals surface area (Å²) in [7, 11) is 3.16. The van der Waals surface area contributed by atoms with Crippen LogP contribution in [0.2, 0.25) is 0 Å². The average Bonchev–Trinajstić information content (AvgIpc) is 3.24. The third-order valence-corrected chi connectivity index (χ3v) is 6.16. The normalized spacial score (nSPS) is 12.1. The van der Waals surface area contributed by atoms with Gasteiger partial charge in [-0.25, -0.2) is 4.98 Å². The summed E-state index contributed by atoms with van der Waals surface area (Å²) >= 11 is 0. The molecule has 0 aliphatic heterocycles. The zero-order valence-electron chi connectivity index (χ0n) is 19.8. The van der Waals surface area contributed by atoms with Crippen molar-refractivity contribution < 1.29 is 19.3 Å². The zero-order chi connectivity index (χ0) is 24.2. The number of rotatable bonds is 9. The van der Waals surface area contributed by atoms with Crippen molar-refractivity contribution in [2.45, 2.75) is 19.1 Å². The summed E-state index contributed by atoms with van der Waals surface area (Å²) in [5, 5.41) is 13.4. The van der Waals surface area contributed by atoms with E-state index >= 15 is 0 Å². The second-order valence-corrected chi connectivity index (χ2v) is 8.40. The number of aliphatic hydroxyl groups is 1. The van der Waals surface area contributed by atoms with E-state index in [9.17, 15) is 5.11 Å². The van der Waals surface area contributed by atoms with Gasteiger partial charge in [0, 0.05) is 6.42 Å². The first-order valence-electron chi connectivity index (χ1n) is 11.6. The number of ether oxygens (including phenoxy) is 3. The van der Waals surface area contributed by atoms with E-state index in [4.69, 9.17) is 19.2 Å². The maximum atomic E-state index is 11.0. The molecule has 4 aromatic carbocycles. The van der Waals surface area contributed by atoms with Gasteiger partial charge in [0.15, 0.2) is 11.5 Å². The Labute approximate surface area is 204 Å². The van der Waals surface area contributed by atoms with Crippen LogP contribution in [0.15, 0.2) is 84.9 Å². The second-order valence-electron chi connectivity index (χ2n) is 8.40. The van der Waals surface area contributed by atoms with Crippen LogP contribution < -0.4 is 14.2 Å². The van der Waals surface area contributed by atoms with E-state index in [1.807, 2.05) is 30.3 Å². The van der Waals surface area contributed by atoms with E-state index in [-0.39, 0.29) is 6.61 Å². The molecule has 1 N–H and O–H groups in total. The van der Waals surface area contributed by atoms with Gasteiger partial charge >= 0.3 is 0 Å². The molecule has 1 heterocycles. The molecule has 1 unspecified atom stereocenters.